The Morgan fingerprint density at radius 3 is 3.19 bits per heavy atom. The number of morpholine rings is 1. The summed E-state index contributed by atoms with van der Waals surface area (Å²) in [4.78, 5) is 29.5. The van der Waals surface area contributed by atoms with Gasteiger partial charge in [0.15, 0.2) is 5.65 Å². The minimum atomic E-state index is -0.472. The van der Waals surface area contributed by atoms with Crippen LogP contribution >= 0.6 is 0 Å². The van der Waals surface area contributed by atoms with Crippen LogP contribution in [0.4, 0.5) is 9.18 Å². The Morgan fingerprint density at radius 2 is 2.37 bits per heavy atom. The maximum absolute atomic E-state index is 13.6. The average molecular weight is 371 g/mol. The first kappa shape index (κ1) is 17.3. The second-order valence-corrected chi connectivity index (χ2v) is 6.32. The molecule has 0 aliphatic carbocycles. The largest absolute Gasteiger partial charge is 0.445 e. The quantitative estimate of drug-likeness (QED) is 0.760. The molecule has 0 saturated carbocycles. The van der Waals surface area contributed by atoms with Crippen molar-refractivity contribution in [1.29, 1.82) is 0 Å². The van der Waals surface area contributed by atoms with E-state index >= 15 is 0 Å². The predicted molar refractivity (Wildman–Crippen MR) is 93.3 cm³/mol. The van der Waals surface area contributed by atoms with Gasteiger partial charge in [-0.15, -0.1) is 0 Å². The SMILES string of the molecule is Cc1ccc(COC(=O)N2CCO[C@H](c3nc4cncnc4[nH]3)C2)cc1F. The fourth-order valence-corrected chi connectivity index (χ4v) is 2.87. The lowest BCUT2D eigenvalue weighted by molar-refractivity contribution is -0.0330. The molecule has 9 heteroatoms. The molecule has 4 rings (SSSR count). The molecule has 3 heterocycles. The second kappa shape index (κ2) is 7.28. The summed E-state index contributed by atoms with van der Waals surface area (Å²) in [5.41, 5.74) is 2.41. The summed E-state index contributed by atoms with van der Waals surface area (Å²) in [6.07, 6.45) is 2.17. The number of ether oxygens (including phenoxy) is 2. The van der Waals surface area contributed by atoms with Crippen LogP contribution in [0.25, 0.3) is 11.2 Å². The number of amides is 1. The Kier molecular flexibility index (Phi) is 4.68. The van der Waals surface area contributed by atoms with E-state index in [0.717, 1.165) is 0 Å². The molecule has 27 heavy (non-hydrogen) atoms. The summed E-state index contributed by atoms with van der Waals surface area (Å²) in [6, 6.07) is 4.77. The van der Waals surface area contributed by atoms with Gasteiger partial charge in [0.05, 0.1) is 19.3 Å². The van der Waals surface area contributed by atoms with Crippen LogP contribution in [0.15, 0.2) is 30.7 Å². The molecule has 1 aromatic carbocycles. The van der Waals surface area contributed by atoms with Gasteiger partial charge in [0.2, 0.25) is 0 Å². The Morgan fingerprint density at radius 1 is 1.48 bits per heavy atom. The third-order valence-electron chi connectivity index (χ3n) is 4.41. The highest BCUT2D eigenvalue weighted by Crippen LogP contribution is 2.22. The van der Waals surface area contributed by atoms with Crippen molar-refractivity contribution in [3.63, 3.8) is 0 Å². The summed E-state index contributed by atoms with van der Waals surface area (Å²) in [7, 11) is 0. The van der Waals surface area contributed by atoms with E-state index in [2.05, 4.69) is 19.9 Å². The highest BCUT2D eigenvalue weighted by molar-refractivity contribution is 5.69. The molecule has 1 amide bonds. The molecule has 1 fully saturated rings. The van der Waals surface area contributed by atoms with E-state index in [1.165, 1.54) is 12.4 Å². The molecular formula is C18H18FN5O3. The van der Waals surface area contributed by atoms with Gasteiger partial charge in [0, 0.05) is 6.54 Å². The van der Waals surface area contributed by atoms with Crippen molar-refractivity contribution in [2.75, 3.05) is 19.7 Å². The Balaban J connectivity index is 1.39. The summed E-state index contributed by atoms with van der Waals surface area (Å²) < 4.78 is 24.6. The van der Waals surface area contributed by atoms with Crippen LogP contribution in [0.3, 0.4) is 0 Å². The standard InChI is InChI=1S/C18H18FN5O3/c1-11-2-3-12(6-13(11)19)9-27-18(25)24-4-5-26-15(8-24)17-22-14-7-20-10-21-16(14)23-17/h2-3,6-7,10,15H,4-5,8-9H2,1H3,(H,20,21,22,23)/t15-/m0/s1. The van der Waals surface area contributed by atoms with Crippen LogP contribution in [0.1, 0.15) is 23.1 Å². The molecule has 1 atom stereocenters. The number of aromatic nitrogens is 4. The molecule has 0 spiro atoms. The molecule has 8 nitrogen and oxygen atoms in total. The van der Waals surface area contributed by atoms with Crippen molar-refractivity contribution in [3.8, 4) is 0 Å². The molecule has 0 bridgehead atoms. The maximum Gasteiger partial charge on any atom is 0.410 e. The average Bonchev–Trinajstić information content (AvgIpc) is 3.13. The molecule has 1 N–H and O–H groups in total. The van der Waals surface area contributed by atoms with Crippen LogP contribution < -0.4 is 0 Å². The number of carbonyl (C=O) groups excluding carboxylic acids is 1. The number of aryl methyl sites for hydroxylation is 1. The maximum atomic E-state index is 13.6. The lowest BCUT2D eigenvalue weighted by atomic mass is 10.1. The van der Waals surface area contributed by atoms with Gasteiger partial charge in [-0.3, -0.25) is 0 Å². The zero-order valence-corrected chi connectivity index (χ0v) is 14.7. The second-order valence-electron chi connectivity index (χ2n) is 6.32. The van der Waals surface area contributed by atoms with Crippen molar-refractivity contribution in [2.24, 2.45) is 0 Å². The van der Waals surface area contributed by atoms with Crippen molar-refractivity contribution < 1.29 is 18.7 Å². The number of carbonyl (C=O) groups is 1. The van der Waals surface area contributed by atoms with Gasteiger partial charge in [-0.2, -0.15) is 0 Å². The first-order valence-electron chi connectivity index (χ1n) is 8.54. The summed E-state index contributed by atoms with van der Waals surface area (Å²) in [5, 5.41) is 0. The molecule has 2 aromatic heterocycles. The lowest BCUT2D eigenvalue weighted by Gasteiger charge is -2.31. The lowest BCUT2D eigenvalue weighted by Crippen LogP contribution is -2.42. The van der Waals surface area contributed by atoms with Crippen LogP contribution in [-0.4, -0.2) is 50.6 Å². The van der Waals surface area contributed by atoms with E-state index in [1.807, 2.05) is 0 Å². The molecule has 0 unspecified atom stereocenters. The Hall–Kier alpha value is -3.07. The van der Waals surface area contributed by atoms with Crippen molar-refractivity contribution in [3.05, 3.63) is 53.5 Å². The molecule has 1 saturated heterocycles. The molecular weight excluding hydrogens is 353 g/mol. The molecule has 1 aliphatic rings. The zero-order chi connectivity index (χ0) is 18.8. The van der Waals surface area contributed by atoms with Crippen LogP contribution in [-0.2, 0) is 16.1 Å². The van der Waals surface area contributed by atoms with Gasteiger partial charge in [0.25, 0.3) is 0 Å². The van der Waals surface area contributed by atoms with Gasteiger partial charge < -0.3 is 19.4 Å². The van der Waals surface area contributed by atoms with E-state index in [0.29, 0.717) is 47.8 Å². The number of nitrogens with one attached hydrogen (secondary N) is 1. The van der Waals surface area contributed by atoms with E-state index in [4.69, 9.17) is 9.47 Å². The highest BCUT2D eigenvalue weighted by atomic mass is 19.1. The normalized spacial score (nSPS) is 17.3. The van der Waals surface area contributed by atoms with Crippen molar-refractivity contribution in [1.82, 2.24) is 24.8 Å². The molecule has 1 aliphatic heterocycles. The zero-order valence-electron chi connectivity index (χ0n) is 14.7. The highest BCUT2D eigenvalue weighted by Gasteiger charge is 2.28. The van der Waals surface area contributed by atoms with E-state index in [9.17, 15) is 9.18 Å². The number of imidazole rings is 1. The molecule has 3 aromatic rings. The first-order chi connectivity index (χ1) is 13.1. The van der Waals surface area contributed by atoms with Gasteiger partial charge in [-0.25, -0.2) is 24.1 Å². The van der Waals surface area contributed by atoms with Gasteiger partial charge in [-0.05, 0) is 24.1 Å². The fourth-order valence-electron chi connectivity index (χ4n) is 2.87. The number of rotatable bonds is 3. The Bertz CT molecular complexity index is 944. The minimum Gasteiger partial charge on any atom is -0.445 e. The van der Waals surface area contributed by atoms with Gasteiger partial charge in [0.1, 0.15) is 36.2 Å². The van der Waals surface area contributed by atoms with E-state index in [1.54, 1.807) is 30.2 Å². The van der Waals surface area contributed by atoms with Crippen molar-refractivity contribution >= 4 is 17.3 Å². The number of benzene rings is 1. The number of H-pyrrole nitrogens is 1. The van der Waals surface area contributed by atoms with Crippen LogP contribution in [0.5, 0.6) is 0 Å². The number of hydrogen-bond donors (Lipinski definition) is 1. The summed E-state index contributed by atoms with van der Waals surface area (Å²) in [6.45, 7) is 2.77. The van der Waals surface area contributed by atoms with Crippen LogP contribution in [0, 0.1) is 12.7 Å². The molecule has 140 valence electrons. The van der Waals surface area contributed by atoms with Crippen molar-refractivity contribution in [2.45, 2.75) is 19.6 Å². The number of fused-ring (bicyclic) bond motifs is 1. The Labute approximate surface area is 154 Å². The minimum absolute atomic E-state index is 0.0122. The number of halogens is 1. The van der Waals surface area contributed by atoms with Gasteiger partial charge in [-0.1, -0.05) is 12.1 Å². The monoisotopic (exact) mass is 371 g/mol. The van der Waals surface area contributed by atoms with E-state index in [-0.39, 0.29) is 12.4 Å². The number of nitrogens with zero attached hydrogens (tertiary/aromatic N) is 4. The first-order valence-corrected chi connectivity index (χ1v) is 8.54. The smallest absolute Gasteiger partial charge is 0.410 e. The summed E-state index contributed by atoms with van der Waals surface area (Å²) >= 11 is 0. The van der Waals surface area contributed by atoms with Crippen LogP contribution in [0.2, 0.25) is 0 Å². The number of aromatic amines is 1. The third-order valence-corrected chi connectivity index (χ3v) is 4.41. The van der Waals surface area contributed by atoms with E-state index < -0.39 is 12.2 Å². The predicted octanol–water partition coefficient (Wildman–Crippen LogP) is 2.51. The number of hydrogen-bond acceptors (Lipinski definition) is 6. The summed E-state index contributed by atoms with van der Waals surface area (Å²) in [5.74, 6) is 0.270. The topological polar surface area (TPSA) is 93.2 Å². The fraction of sp³-hybridized carbons (Fsp3) is 0.333. The molecule has 0 radical (unpaired) electrons. The third kappa shape index (κ3) is 3.72. The van der Waals surface area contributed by atoms with Gasteiger partial charge >= 0.3 is 6.09 Å².